The van der Waals surface area contributed by atoms with Crippen LogP contribution < -0.4 is 15.4 Å². The number of nitrogens with one attached hydrogen (secondary N) is 2. The summed E-state index contributed by atoms with van der Waals surface area (Å²) in [5.41, 5.74) is 0.724. The Morgan fingerprint density at radius 3 is 2.80 bits per heavy atom. The maximum absolute atomic E-state index is 11.7. The van der Waals surface area contributed by atoms with Gasteiger partial charge in [-0.05, 0) is 58.5 Å². The average molecular weight is 355 g/mol. The van der Waals surface area contributed by atoms with Gasteiger partial charge in [0.1, 0.15) is 5.75 Å². The fraction of sp³-hybridized carbons (Fsp3) is 0.0769. The maximum Gasteiger partial charge on any atom is 0.293 e. The normalized spacial score (nSPS) is 9.90. The molecule has 5 nitrogen and oxygen atoms in total. The first-order chi connectivity index (χ1) is 9.60. The van der Waals surface area contributed by atoms with E-state index in [1.165, 1.54) is 6.26 Å². The predicted octanol–water partition coefficient (Wildman–Crippen LogP) is 3.18. The van der Waals surface area contributed by atoms with Gasteiger partial charge in [0.15, 0.2) is 10.9 Å². The molecule has 1 amide bonds. The minimum Gasteiger partial charge on any atom is -0.496 e. The molecule has 1 heterocycles. The third-order valence-corrected chi connectivity index (χ3v) is 3.21. The van der Waals surface area contributed by atoms with E-state index in [1.807, 2.05) is 0 Å². The summed E-state index contributed by atoms with van der Waals surface area (Å²) in [5, 5.41) is 5.60. The monoisotopic (exact) mass is 354 g/mol. The Morgan fingerprint density at radius 2 is 2.20 bits per heavy atom. The van der Waals surface area contributed by atoms with E-state index in [1.54, 1.807) is 37.4 Å². The summed E-state index contributed by atoms with van der Waals surface area (Å²) in [5.74, 6) is 0.506. The van der Waals surface area contributed by atoms with Crippen molar-refractivity contribution in [3.63, 3.8) is 0 Å². The SMILES string of the molecule is COc1ccc(NC(=S)NC(=O)c2ccco2)cc1Br. The number of amides is 1. The molecule has 2 N–H and O–H groups in total. The fourth-order valence-corrected chi connectivity index (χ4v) is 2.23. The molecule has 0 aliphatic rings. The molecule has 1 aromatic heterocycles. The number of hydrogen-bond acceptors (Lipinski definition) is 4. The molecule has 0 bridgehead atoms. The summed E-state index contributed by atoms with van der Waals surface area (Å²) in [7, 11) is 1.58. The molecule has 2 aromatic rings. The van der Waals surface area contributed by atoms with E-state index >= 15 is 0 Å². The number of carbonyl (C=O) groups is 1. The van der Waals surface area contributed by atoms with Crippen LogP contribution in [0.25, 0.3) is 0 Å². The number of anilines is 1. The molecule has 0 aliphatic heterocycles. The molecule has 7 heteroatoms. The first-order valence-corrected chi connectivity index (χ1v) is 6.79. The number of halogens is 1. The Balaban J connectivity index is 1.98. The zero-order chi connectivity index (χ0) is 14.5. The predicted molar refractivity (Wildman–Crippen MR) is 83.1 cm³/mol. The van der Waals surface area contributed by atoms with Crippen molar-refractivity contribution >= 4 is 44.9 Å². The Labute approximate surface area is 129 Å². The van der Waals surface area contributed by atoms with Crippen LogP contribution in [0.15, 0.2) is 45.5 Å². The molecule has 0 radical (unpaired) electrons. The van der Waals surface area contributed by atoms with Crippen LogP contribution in [-0.2, 0) is 0 Å². The lowest BCUT2D eigenvalue weighted by Crippen LogP contribution is -2.33. The van der Waals surface area contributed by atoms with Gasteiger partial charge in [0.05, 0.1) is 17.8 Å². The van der Waals surface area contributed by atoms with Crippen LogP contribution in [0, 0.1) is 0 Å². The number of carbonyl (C=O) groups excluding carboxylic acids is 1. The first kappa shape index (κ1) is 14.5. The lowest BCUT2D eigenvalue weighted by atomic mass is 10.3. The highest BCUT2D eigenvalue weighted by Gasteiger charge is 2.10. The van der Waals surface area contributed by atoms with Gasteiger partial charge >= 0.3 is 0 Å². The van der Waals surface area contributed by atoms with Crippen molar-refractivity contribution in [2.24, 2.45) is 0 Å². The fourth-order valence-electron chi connectivity index (χ4n) is 1.48. The van der Waals surface area contributed by atoms with Crippen LogP contribution in [-0.4, -0.2) is 18.1 Å². The molecule has 0 aliphatic carbocycles. The van der Waals surface area contributed by atoms with Crippen molar-refractivity contribution in [3.05, 3.63) is 46.8 Å². The molecule has 0 fully saturated rings. The minimum absolute atomic E-state index is 0.184. The first-order valence-electron chi connectivity index (χ1n) is 5.59. The molecule has 0 spiro atoms. The van der Waals surface area contributed by atoms with Gasteiger partial charge in [-0.25, -0.2) is 0 Å². The molecule has 20 heavy (non-hydrogen) atoms. The second kappa shape index (κ2) is 6.53. The maximum atomic E-state index is 11.7. The number of hydrogen-bond donors (Lipinski definition) is 2. The van der Waals surface area contributed by atoms with E-state index in [0.717, 1.165) is 10.2 Å². The van der Waals surface area contributed by atoms with Crippen molar-refractivity contribution in [1.82, 2.24) is 5.32 Å². The second-order valence-corrected chi connectivity index (χ2v) is 5.00. The van der Waals surface area contributed by atoms with Crippen molar-refractivity contribution in [3.8, 4) is 5.75 Å². The summed E-state index contributed by atoms with van der Waals surface area (Å²) >= 11 is 8.43. The lowest BCUT2D eigenvalue weighted by molar-refractivity contribution is 0.0950. The Kier molecular flexibility index (Phi) is 4.75. The van der Waals surface area contributed by atoms with Crippen LogP contribution in [0.2, 0.25) is 0 Å². The van der Waals surface area contributed by atoms with Gasteiger partial charge in [0.25, 0.3) is 5.91 Å². The third-order valence-electron chi connectivity index (χ3n) is 2.38. The zero-order valence-corrected chi connectivity index (χ0v) is 12.9. The van der Waals surface area contributed by atoms with Crippen molar-refractivity contribution in [2.45, 2.75) is 0 Å². The van der Waals surface area contributed by atoms with Gasteiger partial charge < -0.3 is 14.5 Å². The standard InChI is InChI=1S/C13H11BrN2O3S/c1-18-10-5-4-8(7-9(10)14)15-13(20)16-12(17)11-3-2-6-19-11/h2-7H,1H3,(H2,15,16,17,20). The van der Waals surface area contributed by atoms with E-state index in [2.05, 4.69) is 26.6 Å². The van der Waals surface area contributed by atoms with Crippen LogP contribution in [0.3, 0.4) is 0 Å². The highest BCUT2D eigenvalue weighted by Crippen LogP contribution is 2.27. The number of thiocarbonyl (C=S) groups is 1. The highest BCUT2D eigenvalue weighted by molar-refractivity contribution is 9.10. The quantitative estimate of drug-likeness (QED) is 0.828. The Bertz CT molecular complexity index is 629. The van der Waals surface area contributed by atoms with E-state index in [0.29, 0.717) is 5.75 Å². The third kappa shape index (κ3) is 3.58. The summed E-state index contributed by atoms with van der Waals surface area (Å²) in [6.45, 7) is 0. The second-order valence-electron chi connectivity index (χ2n) is 3.73. The molecule has 0 unspecified atom stereocenters. The zero-order valence-electron chi connectivity index (χ0n) is 10.5. The van der Waals surface area contributed by atoms with Crippen molar-refractivity contribution < 1.29 is 13.9 Å². The number of rotatable bonds is 3. The lowest BCUT2D eigenvalue weighted by Gasteiger charge is -2.10. The number of benzene rings is 1. The van der Waals surface area contributed by atoms with Crippen LogP contribution in [0.4, 0.5) is 5.69 Å². The molecule has 0 saturated heterocycles. The molecule has 0 atom stereocenters. The Morgan fingerprint density at radius 1 is 1.40 bits per heavy atom. The molecule has 104 valence electrons. The molecule has 2 rings (SSSR count). The Hall–Kier alpha value is -1.86. The largest absolute Gasteiger partial charge is 0.496 e. The molecule has 0 saturated carbocycles. The average Bonchev–Trinajstić information content (AvgIpc) is 2.92. The van der Waals surface area contributed by atoms with Gasteiger partial charge in [-0.15, -0.1) is 0 Å². The summed E-state index contributed by atoms with van der Waals surface area (Å²) in [6.07, 6.45) is 1.42. The number of ether oxygens (including phenoxy) is 1. The van der Waals surface area contributed by atoms with Gasteiger partial charge in [0.2, 0.25) is 0 Å². The van der Waals surface area contributed by atoms with Gasteiger partial charge in [-0.3, -0.25) is 10.1 Å². The highest BCUT2D eigenvalue weighted by atomic mass is 79.9. The minimum atomic E-state index is -0.403. The topological polar surface area (TPSA) is 63.5 Å². The molecule has 1 aromatic carbocycles. The summed E-state index contributed by atoms with van der Waals surface area (Å²) in [6, 6.07) is 8.55. The smallest absolute Gasteiger partial charge is 0.293 e. The van der Waals surface area contributed by atoms with Gasteiger partial charge in [0, 0.05) is 5.69 Å². The van der Waals surface area contributed by atoms with Gasteiger partial charge in [-0.2, -0.15) is 0 Å². The van der Waals surface area contributed by atoms with Crippen LogP contribution in [0.5, 0.6) is 5.75 Å². The van der Waals surface area contributed by atoms with E-state index in [-0.39, 0.29) is 10.9 Å². The van der Waals surface area contributed by atoms with E-state index < -0.39 is 5.91 Å². The van der Waals surface area contributed by atoms with E-state index in [4.69, 9.17) is 21.4 Å². The summed E-state index contributed by atoms with van der Waals surface area (Å²) < 4.78 is 10.9. The van der Waals surface area contributed by atoms with Crippen LogP contribution >= 0.6 is 28.1 Å². The molecular weight excluding hydrogens is 344 g/mol. The molecular formula is C13H11BrN2O3S. The van der Waals surface area contributed by atoms with E-state index in [9.17, 15) is 4.79 Å². The van der Waals surface area contributed by atoms with Crippen molar-refractivity contribution in [1.29, 1.82) is 0 Å². The number of furan rings is 1. The summed E-state index contributed by atoms with van der Waals surface area (Å²) in [4.78, 5) is 11.7. The van der Waals surface area contributed by atoms with Crippen LogP contribution in [0.1, 0.15) is 10.6 Å². The van der Waals surface area contributed by atoms with Crippen molar-refractivity contribution in [2.75, 3.05) is 12.4 Å². The van der Waals surface area contributed by atoms with Gasteiger partial charge in [-0.1, -0.05) is 0 Å². The number of methoxy groups -OCH3 is 1.